The SMILES string of the molecule is CC1CCCCN1C(=O)CSc1nc(-c2ccccc2)c(-c2ccccc2)n1-c1ccccc1. The van der Waals surface area contributed by atoms with Crippen molar-refractivity contribution in [1.29, 1.82) is 0 Å². The Bertz CT molecular complexity index is 1240. The monoisotopic (exact) mass is 467 g/mol. The molecule has 5 heteroatoms. The number of piperidine rings is 1. The zero-order valence-corrected chi connectivity index (χ0v) is 20.2. The fourth-order valence-electron chi connectivity index (χ4n) is 4.65. The molecule has 172 valence electrons. The standard InChI is InChI=1S/C29H29N3OS/c1-22-13-11-12-20-31(22)26(33)21-34-29-30-27(23-14-5-2-6-15-23)28(24-16-7-3-8-17-24)32(29)25-18-9-4-10-19-25/h2-10,14-19,22H,11-13,20-21H2,1H3. The van der Waals surface area contributed by atoms with E-state index in [1.54, 1.807) is 0 Å². The van der Waals surface area contributed by atoms with Crippen molar-refractivity contribution in [2.24, 2.45) is 0 Å². The Morgan fingerprint density at radius 1 is 0.882 bits per heavy atom. The number of benzene rings is 3. The average Bonchev–Trinajstić information content (AvgIpc) is 3.28. The molecule has 3 aromatic carbocycles. The highest BCUT2D eigenvalue weighted by Crippen LogP contribution is 2.38. The van der Waals surface area contributed by atoms with E-state index in [4.69, 9.17) is 4.98 Å². The van der Waals surface area contributed by atoms with Gasteiger partial charge in [-0.05, 0) is 38.3 Å². The Hall–Kier alpha value is -3.31. The Morgan fingerprint density at radius 3 is 2.15 bits per heavy atom. The number of hydrogen-bond donors (Lipinski definition) is 0. The van der Waals surface area contributed by atoms with Crippen molar-refractivity contribution in [2.45, 2.75) is 37.4 Å². The number of nitrogens with zero attached hydrogens (tertiary/aromatic N) is 3. The van der Waals surface area contributed by atoms with Crippen LogP contribution in [0.2, 0.25) is 0 Å². The van der Waals surface area contributed by atoms with E-state index < -0.39 is 0 Å². The largest absolute Gasteiger partial charge is 0.339 e. The minimum atomic E-state index is 0.197. The summed E-state index contributed by atoms with van der Waals surface area (Å²) in [6.07, 6.45) is 3.39. The number of likely N-dealkylation sites (tertiary alicyclic amines) is 1. The maximum atomic E-state index is 13.1. The smallest absolute Gasteiger partial charge is 0.233 e. The van der Waals surface area contributed by atoms with Crippen molar-refractivity contribution >= 4 is 17.7 Å². The second-order valence-corrected chi connectivity index (χ2v) is 9.66. The number of para-hydroxylation sites is 1. The topological polar surface area (TPSA) is 38.1 Å². The van der Waals surface area contributed by atoms with Crippen molar-refractivity contribution in [3.8, 4) is 28.2 Å². The molecule has 4 aromatic rings. The molecule has 1 saturated heterocycles. The lowest BCUT2D eigenvalue weighted by atomic mass is 10.0. The summed E-state index contributed by atoms with van der Waals surface area (Å²) in [4.78, 5) is 20.3. The molecule has 2 heterocycles. The summed E-state index contributed by atoms with van der Waals surface area (Å²) in [7, 11) is 0. The highest BCUT2D eigenvalue weighted by Gasteiger charge is 2.26. The molecule has 0 saturated carbocycles. The van der Waals surface area contributed by atoms with Gasteiger partial charge < -0.3 is 4.90 Å². The maximum absolute atomic E-state index is 13.1. The van der Waals surface area contributed by atoms with Crippen LogP contribution in [0.15, 0.2) is 96.2 Å². The van der Waals surface area contributed by atoms with Crippen molar-refractivity contribution in [1.82, 2.24) is 14.5 Å². The molecule has 1 fully saturated rings. The molecule has 1 aliphatic heterocycles. The lowest BCUT2D eigenvalue weighted by Crippen LogP contribution is -2.42. The summed E-state index contributed by atoms with van der Waals surface area (Å²) in [5.41, 5.74) is 5.17. The molecular formula is C29H29N3OS. The summed E-state index contributed by atoms with van der Waals surface area (Å²) in [6.45, 7) is 3.02. The van der Waals surface area contributed by atoms with Gasteiger partial charge in [0.05, 0.1) is 17.1 Å². The summed E-state index contributed by atoms with van der Waals surface area (Å²) in [5, 5.41) is 0.835. The molecule has 0 bridgehead atoms. The molecule has 0 N–H and O–H groups in total. The number of carbonyl (C=O) groups is 1. The predicted octanol–water partition coefficient (Wildman–Crippen LogP) is 6.70. The molecule has 1 atom stereocenters. The quantitative estimate of drug-likeness (QED) is 0.296. The molecule has 5 rings (SSSR count). The van der Waals surface area contributed by atoms with E-state index in [1.807, 2.05) is 47.4 Å². The molecule has 1 aliphatic rings. The van der Waals surface area contributed by atoms with E-state index in [9.17, 15) is 4.79 Å². The highest BCUT2D eigenvalue weighted by molar-refractivity contribution is 7.99. The Morgan fingerprint density at radius 2 is 1.50 bits per heavy atom. The van der Waals surface area contributed by atoms with Crippen molar-refractivity contribution in [2.75, 3.05) is 12.3 Å². The van der Waals surface area contributed by atoms with Crippen LogP contribution in [0, 0.1) is 0 Å². The van der Waals surface area contributed by atoms with E-state index in [0.717, 1.165) is 52.7 Å². The first kappa shape index (κ1) is 22.5. The van der Waals surface area contributed by atoms with Crippen LogP contribution >= 0.6 is 11.8 Å². The van der Waals surface area contributed by atoms with Gasteiger partial charge in [0.2, 0.25) is 5.91 Å². The van der Waals surface area contributed by atoms with Crippen molar-refractivity contribution < 1.29 is 4.79 Å². The van der Waals surface area contributed by atoms with E-state index in [-0.39, 0.29) is 5.91 Å². The van der Waals surface area contributed by atoms with Gasteiger partial charge >= 0.3 is 0 Å². The minimum absolute atomic E-state index is 0.197. The van der Waals surface area contributed by atoms with Crippen LogP contribution in [0.25, 0.3) is 28.2 Å². The Kier molecular flexibility index (Phi) is 6.82. The molecule has 1 amide bonds. The number of carbonyl (C=O) groups excluding carboxylic acids is 1. The van der Waals surface area contributed by atoms with Gasteiger partial charge in [-0.2, -0.15) is 0 Å². The van der Waals surface area contributed by atoms with E-state index in [0.29, 0.717) is 11.8 Å². The van der Waals surface area contributed by atoms with Crippen molar-refractivity contribution in [3.05, 3.63) is 91.0 Å². The predicted molar refractivity (Wildman–Crippen MR) is 140 cm³/mol. The number of thioether (sulfide) groups is 1. The number of hydrogen-bond acceptors (Lipinski definition) is 3. The lowest BCUT2D eigenvalue weighted by Gasteiger charge is -2.33. The van der Waals surface area contributed by atoms with E-state index >= 15 is 0 Å². The van der Waals surface area contributed by atoms with Gasteiger partial charge in [-0.15, -0.1) is 0 Å². The minimum Gasteiger partial charge on any atom is -0.339 e. The molecule has 34 heavy (non-hydrogen) atoms. The summed E-state index contributed by atoms with van der Waals surface area (Å²) < 4.78 is 2.20. The second kappa shape index (κ2) is 10.3. The van der Waals surface area contributed by atoms with Crippen LogP contribution in [-0.4, -0.2) is 38.7 Å². The van der Waals surface area contributed by atoms with Crippen LogP contribution in [0.5, 0.6) is 0 Å². The maximum Gasteiger partial charge on any atom is 0.233 e. The third-order valence-corrected chi connectivity index (χ3v) is 7.33. The van der Waals surface area contributed by atoms with Crippen LogP contribution in [0.1, 0.15) is 26.2 Å². The second-order valence-electron chi connectivity index (χ2n) is 8.72. The van der Waals surface area contributed by atoms with Gasteiger partial charge in [0.25, 0.3) is 0 Å². The van der Waals surface area contributed by atoms with Crippen LogP contribution in [0.3, 0.4) is 0 Å². The third kappa shape index (κ3) is 4.66. The van der Waals surface area contributed by atoms with Crippen molar-refractivity contribution in [3.63, 3.8) is 0 Å². The molecule has 1 unspecified atom stereocenters. The van der Waals surface area contributed by atoms with Gasteiger partial charge in [0.1, 0.15) is 0 Å². The molecular weight excluding hydrogens is 438 g/mol. The summed E-state index contributed by atoms with van der Waals surface area (Å²) in [5.74, 6) is 0.582. The molecule has 0 radical (unpaired) electrons. The van der Waals surface area contributed by atoms with Gasteiger partial charge in [-0.25, -0.2) is 4.98 Å². The molecule has 1 aromatic heterocycles. The normalized spacial score (nSPS) is 15.9. The highest BCUT2D eigenvalue weighted by atomic mass is 32.2. The zero-order chi connectivity index (χ0) is 23.3. The number of imidazole rings is 1. The first-order chi connectivity index (χ1) is 16.7. The Balaban J connectivity index is 1.60. The van der Waals surface area contributed by atoms with Gasteiger partial charge in [0, 0.05) is 29.4 Å². The third-order valence-electron chi connectivity index (χ3n) is 6.40. The number of amides is 1. The van der Waals surface area contributed by atoms with E-state index in [2.05, 4.69) is 60.0 Å². The van der Waals surface area contributed by atoms with Gasteiger partial charge in [0.15, 0.2) is 5.16 Å². The van der Waals surface area contributed by atoms with Crippen LogP contribution < -0.4 is 0 Å². The molecule has 4 nitrogen and oxygen atoms in total. The Labute approximate surface area is 205 Å². The van der Waals surface area contributed by atoms with Gasteiger partial charge in [-0.1, -0.05) is 90.6 Å². The summed E-state index contributed by atoms with van der Waals surface area (Å²) in [6, 6.07) is 31.3. The van der Waals surface area contributed by atoms with Crippen LogP contribution in [0.4, 0.5) is 0 Å². The molecule has 0 aliphatic carbocycles. The van der Waals surface area contributed by atoms with Gasteiger partial charge in [-0.3, -0.25) is 9.36 Å². The number of aromatic nitrogens is 2. The molecule has 0 spiro atoms. The lowest BCUT2D eigenvalue weighted by molar-refractivity contribution is -0.131. The summed E-state index contributed by atoms with van der Waals surface area (Å²) >= 11 is 1.53. The fraction of sp³-hybridized carbons (Fsp3) is 0.241. The number of rotatable bonds is 6. The van der Waals surface area contributed by atoms with Crippen LogP contribution in [-0.2, 0) is 4.79 Å². The average molecular weight is 468 g/mol. The fourth-order valence-corrected chi connectivity index (χ4v) is 5.55. The zero-order valence-electron chi connectivity index (χ0n) is 19.4. The first-order valence-electron chi connectivity index (χ1n) is 11.9. The van der Waals surface area contributed by atoms with E-state index in [1.165, 1.54) is 18.2 Å². The first-order valence-corrected chi connectivity index (χ1v) is 12.9.